The molecule has 5 nitrogen and oxygen atoms in total. The van der Waals surface area contributed by atoms with Crippen molar-refractivity contribution in [2.75, 3.05) is 11.9 Å². The van der Waals surface area contributed by atoms with Gasteiger partial charge in [-0.1, -0.05) is 18.2 Å². The van der Waals surface area contributed by atoms with Gasteiger partial charge in [0.2, 0.25) is 11.8 Å². The summed E-state index contributed by atoms with van der Waals surface area (Å²) in [6.07, 6.45) is 0. The lowest BCUT2D eigenvalue weighted by atomic mass is 10.2. The SMILES string of the molecule is C[C@H](NC(=O)CN)C(=O)Nc1ccccc1. The molecule has 1 rings (SSSR count). The number of amides is 2. The average molecular weight is 221 g/mol. The van der Waals surface area contributed by atoms with E-state index in [9.17, 15) is 9.59 Å². The van der Waals surface area contributed by atoms with E-state index in [1.165, 1.54) is 0 Å². The van der Waals surface area contributed by atoms with E-state index in [1.54, 1.807) is 19.1 Å². The van der Waals surface area contributed by atoms with Crippen LogP contribution in [0, 0.1) is 0 Å². The molecule has 0 radical (unpaired) electrons. The number of nitrogens with two attached hydrogens (primary N) is 1. The number of para-hydroxylation sites is 1. The number of rotatable bonds is 4. The average Bonchev–Trinajstić information content (AvgIpc) is 2.30. The van der Waals surface area contributed by atoms with E-state index in [1.807, 2.05) is 18.2 Å². The minimum Gasteiger partial charge on any atom is -0.343 e. The van der Waals surface area contributed by atoms with Gasteiger partial charge in [-0.2, -0.15) is 0 Å². The Labute approximate surface area is 94.0 Å². The highest BCUT2D eigenvalue weighted by Gasteiger charge is 2.14. The number of carbonyl (C=O) groups excluding carboxylic acids is 2. The van der Waals surface area contributed by atoms with E-state index in [0.29, 0.717) is 5.69 Å². The highest BCUT2D eigenvalue weighted by molar-refractivity contribution is 5.97. The molecule has 0 saturated carbocycles. The van der Waals surface area contributed by atoms with E-state index < -0.39 is 6.04 Å². The van der Waals surface area contributed by atoms with Crippen LogP contribution in [0.4, 0.5) is 5.69 Å². The lowest BCUT2D eigenvalue weighted by Gasteiger charge is -2.13. The molecule has 0 bridgehead atoms. The van der Waals surface area contributed by atoms with Crippen LogP contribution in [0.15, 0.2) is 30.3 Å². The molecule has 0 spiro atoms. The fourth-order valence-electron chi connectivity index (χ4n) is 1.14. The van der Waals surface area contributed by atoms with Crippen molar-refractivity contribution in [1.82, 2.24) is 5.32 Å². The molecule has 16 heavy (non-hydrogen) atoms. The molecule has 1 aromatic rings. The zero-order chi connectivity index (χ0) is 12.0. The van der Waals surface area contributed by atoms with Crippen LogP contribution in [0.1, 0.15) is 6.92 Å². The summed E-state index contributed by atoms with van der Waals surface area (Å²) in [7, 11) is 0. The van der Waals surface area contributed by atoms with Gasteiger partial charge in [0.1, 0.15) is 6.04 Å². The molecule has 2 amide bonds. The highest BCUT2D eigenvalue weighted by atomic mass is 16.2. The molecule has 0 heterocycles. The van der Waals surface area contributed by atoms with Crippen molar-refractivity contribution >= 4 is 17.5 Å². The van der Waals surface area contributed by atoms with Gasteiger partial charge in [0.25, 0.3) is 0 Å². The van der Waals surface area contributed by atoms with Gasteiger partial charge in [0.05, 0.1) is 6.54 Å². The van der Waals surface area contributed by atoms with Gasteiger partial charge in [-0.15, -0.1) is 0 Å². The molecule has 0 aliphatic rings. The van der Waals surface area contributed by atoms with Crippen LogP contribution >= 0.6 is 0 Å². The van der Waals surface area contributed by atoms with Crippen LogP contribution in [0.3, 0.4) is 0 Å². The Hall–Kier alpha value is -1.88. The molecule has 86 valence electrons. The Bertz CT molecular complexity index is 365. The first-order chi connectivity index (χ1) is 7.63. The first-order valence-corrected chi connectivity index (χ1v) is 4.99. The van der Waals surface area contributed by atoms with Crippen molar-refractivity contribution in [3.63, 3.8) is 0 Å². The Balaban J connectivity index is 2.49. The van der Waals surface area contributed by atoms with Gasteiger partial charge in [-0.3, -0.25) is 9.59 Å². The number of anilines is 1. The number of carbonyl (C=O) groups is 2. The number of nitrogens with one attached hydrogen (secondary N) is 2. The summed E-state index contributed by atoms with van der Waals surface area (Å²) in [5, 5.41) is 5.15. The first kappa shape index (κ1) is 12.2. The van der Waals surface area contributed by atoms with Crippen LogP contribution in [0.25, 0.3) is 0 Å². The van der Waals surface area contributed by atoms with Crippen molar-refractivity contribution < 1.29 is 9.59 Å². The van der Waals surface area contributed by atoms with Gasteiger partial charge < -0.3 is 16.4 Å². The molecule has 4 N–H and O–H groups in total. The fourth-order valence-corrected chi connectivity index (χ4v) is 1.14. The predicted molar refractivity (Wildman–Crippen MR) is 61.7 cm³/mol. The second-order valence-electron chi connectivity index (χ2n) is 3.35. The maximum absolute atomic E-state index is 11.6. The molecule has 0 aromatic heterocycles. The van der Waals surface area contributed by atoms with Crippen molar-refractivity contribution in [2.24, 2.45) is 5.73 Å². The number of hydrogen-bond acceptors (Lipinski definition) is 3. The smallest absolute Gasteiger partial charge is 0.246 e. The Morgan fingerprint density at radius 3 is 2.50 bits per heavy atom. The Morgan fingerprint density at radius 1 is 1.31 bits per heavy atom. The third kappa shape index (κ3) is 3.70. The Morgan fingerprint density at radius 2 is 1.94 bits per heavy atom. The third-order valence-electron chi connectivity index (χ3n) is 2.00. The van der Waals surface area contributed by atoms with Crippen LogP contribution in [-0.4, -0.2) is 24.4 Å². The first-order valence-electron chi connectivity index (χ1n) is 4.99. The maximum Gasteiger partial charge on any atom is 0.246 e. The van der Waals surface area contributed by atoms with Gasteiger partial charge in [-0.05, 0) is 19.1 Å². The zero-order valence-electron chi connectivity index (χ0n) is 9.07. The number of benzene rings is 1. The molecule has 0 aliphatic heterocycles. The molecular formula is C11H15N3O2. The molecule has 1 aromatic carbocycles. The molecule has 0 aliphatic carbocycles. The van der Waals surface area contributed by atoms with Crippen molar-refractivity contribution in [3.8, 4) is 0 Å². The molecule has 0 fully saturated rings. The largest absolute Gasteiger partial charge is 0.343 e. The summed E-state index contributed by atoms with van der Waals surface area (Å²) >= 11 is 0. The lowest BCUT2D eigenvalue weighted by molar-refractivity contribution is -0.125. The minimum atomic E-state index is -0.601. The monoisotopic (exact) mass is 221 g/mol. The maximum atomic E-state index is 11.6. The topological polar surface area (TPSA) is 84.2 Å². The molecular weight excluding hydrogens is 206 g/mol. The number of hydrogen-bond donors (Lipinski definition) is 3. The summed E-state index contributed by atoms with van der Waals surface area (Å²) in [6.45, 7) is 1.48. The minimum absolute atomic E-state index is 0.122. The summed E-state index contributed by atoms with van der Waals surface area (Å²) in [5.41, 5.74) is 5.82. The molecule has 0 unspecified atom stereocenters. The van der Waals surface area contributed by atoms with Crippen LogP contribution < -0.4 is 16.4 Å². The standard InChI is InChI=1S/C11H15N3O2/c1-8(13-10(15)7-12)11(16)14-9-5-3-2-4-6-9/h2-6,8H,7,12H2,1H3,(H,13,15)(H,14,16)/t8-/m0/s1. The molecule has 0 saturated heterocycles. The quantitative estimate of drug-likeness (QED) is 0.673. The van der Waals surface area contributed by atoms with Crippen molar-refractivity contribution in [3.05, 3.63) is 30.3 Å². The van der Waals surface area contributed by atoms with Gasteiger partial charge in [-0.25, -0.2) is 0 Å². The summed E-state index contributed by atoms with van der Waals surface area (Å²) < 4.78 is 0. The van der Waals surface area contributed by atoms with E-state index in [-0.39, 0.29) is 18.4 Å². The molecule has 5 heteroatoms. The second-order valence-corrected chi connectivity index (χ2v) is 3.35. The van der Waals surface area contributed by atoms with E-state index >= 15 is 0 Å². The highest BCUT2D eigenvalue weighted by Crippen LogP contribution is 2.05. The fraction of sp³-hybridized carbons (Fsp3) is 0.273. The van der Waals surface area contributed by atoms with E-state index in [4.69, 9.17) is 5.73 Å². The normalized spacial score (nSPS) is 11.6. The van der Waals surface area contributed by atoms with E-state index in [0.717, 1.165) is 0 Å². The van der Waals surface area contributed by atoms with Crippen LogP contribution in [-0.2, 0) is 9.59 Å². The van der Waals surface area contributed by atoms with E-state index in [2.05, 4.69) is 10.6 Å². The summed E-state index contributed by atoms with van der Waals surface area (Å²) in [4.78, 5) is 22.6. The zero-order valence-corrected chi connectivity index (χ0v) is 9.07. The van der Waals surface area contributed by atoms with Gasteiger partial charge >= 0.3 is 0 Å². The Kier molecular flexibility index (Phi) is 4.47. The van der Waals surface area contributed by atoms with Crippen LogP contribution in [0.2, 0.25) is 0 Å². The summed E-state index contributed by atoms with van der Waals surface area (Å²) in [5.74, 6) is -0.622. The lowest BCUT2D eigenvalue weighted by Crippen LogP contribution is -2.44. The third-order valence-corrected chi connectivity index (χ3v) is 2.00. The van der Waals surface area contributed by atoms with Gasteiger partial charge in [0, 0.05) is 5.69 Å². The van der Waals surface area contributed by atoms with Gasteiger partial charge in [0.15, 0.2) is 0 Å². The van der Waals surface area contributed by atoms with Crippen molar-refractivity contribution in [2.45, 2.75) is 13.0 Å². The van der Waals surface area contributed by atoms with Crippen molar-refractivity contribution in [1.29, 1.82) is 0 Å². The molecule has 1 atom stereocenters. The summed E-state index contributed by atoms with van der Waals surface area (Å²) in [6, 6.07) is 8.44. The van der Waals surface area contributed by atoms with Crippen LogP contribution in [0.5, 0.6) is 0 Å². The second kappa shape index (κ2) is 5.87. The predicted octanol–water partition coefficient (Wildman–Crippen LogP) is 0.0885.